The summed E-state index contributed by atoms with van der Waals surface area (Å²) in [5.41, 5.74) is 3.36. The van der Waals surface area contributed by atoms with E-state index < -0.39 is 0 Å². The summed E-state index contributed by atoms with van der Waals surface area (Å²) < 4.78 is 1.17. The van der Waals surface area contributed by atoms with Gasteiger partial charge in [0.1, 0.15) is 0 Å². The van der Waals surface area contributed by atoms with Gasteiger partial charge in [-0.25, -0.2) is 4.98 Å². The molecule has 0 fully saturated rings. The van der Waals surface area contributed by atoms with Crippen LogP contribution in [0.3, 0.4) is 0 Å². The van der Waals surface area contributed by atoms with Crippen molar-refractivity contribution in [3.05, 3.63) is 53.6 Å². The Bertz CT molecular complexity index is 883. The molecule has 0 aliphatic rings. The molecule has 4 nitrogen and oxygen atoms in total. The van der Waals surface area contributed by atoms with E-state index in [1.54, 1.807) is 23.1 Å². The van der Waals surface area contributed by atoms with Crippen LogP contribution in [0.15, 0.2) is 47.4 Å². The minimum atomic E-state index is 0.0973. The van der Waals surface area contributed by atoms with E-state index in [0.717, 1.165) is 27.7 Å². The average molecular weight is 400 g/mol. The first-order chi connectivity index (χ1) is 13.0. The number of aryl methyl sites for hydroxylation is 2. The molecule has 3 aromatic rings. The molecule has 1 heterocycles. The van der Waals surface area contributed by atoms with Gasteiger partial charge in [0.05, 0.1) is 16.0 Å². The van der Waals surface area contributed by atoms with Gasteiger partial charge in [0, 0.05) is 18.0 Å². The van der Waals surface area contributed by atoms with Gasteiger partial charge in [-0.15, -0.1) is 11.8 Å². The van der Waals surface area contributed by atoms with Gasteiger partial charge in [-0.2, -0.15) is 0 Å². The number of carbonyl (C=O) groups excluding carboxylic acids is 1. The smallest absolute Gasteiger partial charge is 0.239 e. The fourth-order valence-corrected chi connectivity index (χ4v) is 4.68. The monoisotopic (exact) mass is 399 g/mol. The second-order valence-corrected chi connectivity index (χ2v) is 8.85. The highest BCUT2D eigenvalue weighted by Gasteiger charge is 2.21. The van der Waals surface area contributed by atoms with Crippen LogP contribution < -0.4 is 4.90 Å². The van der Waals surface area contributed by atoms with E-state index in [2.05, 4.69) is 30.9 Å². The van der Waals surface area contributed by atoms with Crippen molar-refractivity contribution in [3.8, 4) is 0 Å². The van der Waals surface area contributed by atoms with Crippen molar-refractivity contribution in [2.45, 2.75) is 18.7 Å². The molecule has 0 spiro atoms. The van der Waals surface area contributed by atoms with E-state index in [-0.39, 0.29) is 5.91 Å². The van der Waals surface area contributed by atoms with Gasteiger partial charge in [0.2, 0.25) is 5.91 Å². The minimum absolute atomic E-state index is 0.0973. The second-order valence-electron chi connectivity index (χ2n) is 6.82. The Kier molecular flexibility index (Phi) is 6.52. The van der Waals surface area contributed by atoms with Crippen LogP contribution in [0.4, 0.5) is 5.13 Å². The molecule has 27 heavy (non-hydrogen) atoms. The largest absolute Gasteiger partial charge is 0.308 e. The van der Waals surface area contributed by atoms with Gasteiger partial charge >= 0.3 is 0 Å². The number of amides is 1. The predicted octanol–water partition coefficient (Wildman–Crippen LogP) is 4.60. The molecule has 142 valence electrons. The number of hydrogen-bond donors (Lipinski definition) is 0. The molecule has 0 bridgehead atoms. The third kappa shape index (κ3) is 4.89. The average Bonchev–Trinajstić information content (AvgIpc) is 3.10. The summed E-state index contributed by atoms with van der Waals surface area (Å²) >= 11 is 3.19. The topological polar surface area (TPSA) is 36.4 Å². The fraction of sp³-hybridized carbons (Fsp3) is 0.333. The van der Waals surface area contributed by atoms with Crippen molar-refractivity contribution in [2.24, 2.45) is 0 Å². The number of fused-ring (bicyclic) bond motifs is 1. The number of aromatic nitrogens is 1. The molecule has 0 N–H and O–H groups in total. The van der Waals surface area contributed by atoms with Crippen molar-refractivity contribution < 1.29 is 4.79 Å². The van der Waals surface area contributed by atoms with Crippen LogP contribution in [0.1, 0.15) is 11.1 Å². The van der Waals surface area contributed by atoms with E-state index in [4.69, 9.17) is 4.98 Å². The molecule has 3 rings (SSSR count). The van der Waals surface area contributed by atoms with Crippen molar-refractivity contribution in [1.29, 1.82) is 0 Å². The maximum Gasteiger partial charge on any atom is 0.239 e. The number of hydrogen-bond acceptors (Lipinski definition) is 5. The van der Waals surface area contributed by atoms with Gasteiger partial charge in [-0.05, 0) is 51.2 Å². The van der Waals surface area contributed by atoms with Crippen LogP contribution in [0.25, 0.3) is 10.2 Å². The molecule has 1 aromatic heterocycles. The van der Waals surface area contributed by atoms with E-state index in [0.29, 0.717) is 12.3 Å². The third-order valence-corrected chi connectivity index (χ3v) is 6.55. The van der Waals surface area contributed by atoms with Gasteiger partial charge in [-0.3, -0.25) is 9.69 Å². The van der Waals surface area contributed by atoms with E-state index in [9.17, 15) is 4.79 Å². The van der Waals surface area contributed by atoms with E-state index >= 15 is 0 Å². The lowest BCUT2D eigenvalue weighted by Crippen LogP contribution is -2.37. The molecule has 0 saturated heterocycles. The van der Waals surface area contributed by atoms with Crippen LogP contribution in [-0.2, 0) is 4.79 Å². The number of rotatable bonds is 7. The highest BCUT2D eigenvalue weighted by atomic mass is 32.2. The number of benzene rings is 2. The van der Waals surface area contributed by atoms with Crippen molar-refractivity contribution in [3.63, 3.8) is 0 Å². The van der Waals surface area contributed by atoms with Crippen LogP contribution in [0.5, 0.6) is 0 Å². The lowest BCUT2D eigenvalue weighted by Gasteiger charge is -2.21. The summed E-state index contributed by atoms with van der Waals surface area (Å²) in [7, 11) is 4.04. The Morgan fingerprint density at radius 3 is 2.41 bits per heavy atom. The standard InChI is InChI=1S/C21H25N3OS2/c1-15-10-11-16(2)20-19(15)22-21(27-20)24(13-12-23(3)4)18(25)14-26-17-8-6-5-7-9-17/h5-11H,12-14H2,1-4H3. The third-order valence-electron chi connectivity index (χ3n) is 4.34. The van der Waals surface area contributed by atoms with Gasteiger partial charge in [0.25, 0.3) is 0 Å². The Labute approximate surface area is 169 Å². The van der Waals surface area contributed by atoms with Crippen LogP contribution in [0, 0.1) is 13.8 Å². The lowest BCUT2D eigenvalue weighted by molar-refractivity contribution is -0.116. The van der Waals surface area contributed by atoms with Gasteiger partial charge in [-0.1, -0.05) is 41.7 Å². The van der Waals surface area contributed by atoms with Gasteiger partial charge in [0.15, 0.2) is 5.13 Å². The first-order valence-electron chi connectivity index (χ1n) is 8.95. The van der Waals surface area contributed by atoms with Crippen molar-refractivity contribution in [1.82, 2.24) is 9.88 Å². The SMILES string of the molecule is Cc1ccc(C)c2sc(N(CCN(C)C)C(=O)CSc3ccccc3)nc12. The predicted molar refractivity (Wildman–Crippen MR) is 117 cm³/mol. The summed E-state index contributed by atoms with van der Waals surface area (Å²) in [5, 5.41) is 0.794. The number of carbonyl (C=O) groups is 1. The number of thioether (sulfide) groups is 1. The van der Waals surface area contributed by atoms with E-state index in [1.807, 2.05) is 49.3 Å². The Morgan fingerprint density at radius 1 is 1.04 bits per heavy atom. The molecule has 0 aliphatic heterocycles. The Balaban J connectivity index is 1.85. The summed E-state index contributed by atoms with van der Waals surface area (Å²) in [4.78, 5) is 22.9. The molecule has 0 unspecified atom stereocenters. The zero-order valence-electron chi connectivity index (χ0n) is 16.2. The quantitative estimate of drug-likeness (QED) is 0.544. The van der Waals surface area contributed by atoms with Crippen molar-refractivity contribution >= 4 is 44.4 Å². The summed E-state index contributed by atoms with van der Waals surface area (Å²) in [6.45, 7) is 5.61. The number of nitrogens with zero attached hydrogens (tertiary/aromatic N) is 3. The highest BCUT2D eigenvalue weighted by Crippen LogP contribution is 2.33. The Hall–Kier alpha value is -1.89. The Morgan fingerprint density at radius 2 is 1.74 bits per heavy atom. The maximum atomic E-state index is 13.0. The minimum Gasteiger partial charge on any atom is -0.308 e. The normalized spacial score (nSPS) is 11.3. The van der Waals surface area contributed by atoms with Crippen molar-refractivity contribution in [2.75, 3.05) is 37.8 Å². The summed E-state index contributed by atoms with van der Waals surface area (Å²) in [6.07, 6.45) is 0. The fourth-order valence-electron chi connectivity index (χ4n) is 2.73. The molecule has 6 heteroatoms. The zero-order chi connectivity index (χ0) is 19.4. The second kappa shape index (κ2) is 8.87. The highest BCUT2D eigenvalue weighted by molar-refractivity contribution is 8.00. The van der Waals surface area contributed by atoms with Crippen LogP contribution in [0.2, 0.25) is 0 Å². The lowest BCUT2D eigenvalue weighted by atomic mass is 10.1. The molecular formula is C21H25N3OS2. The summed E-state index contributed by atoms with van der Waals surface area (Å²) in [6, 6.07) is 14.3. The molecule has 1 amide bonds. The first-order valence-corrected chi connectivity index (χ1v) is 10.8. The van der Waals surface area contributed by atoms with E-state index in [1.165, 1.54) is 10.3 Å². The molecular weight excluding hydrogens is 374 g/mol. The molecule has 0 saturated carbocycles. The molecule has 0 atom stereocenters. The van der Waals surface area contributed by atoms with Gasteiger partial charge < -0.3 is 4.90 Å². The molecule has 0 aliphatic carbocycles. The van der Waals surface area contributed by atoms with Crippen LogP contribution in [-0.4, -0.2) is 48.7 Å². The number of likely N-dealkylation sites (N-methyl/N-ethyl adjacent to an activating group) is 1. The summed E-state index contributed by atoms with van der Waals surface area (Å²) in [5.74, 6) is 0.505. The maximum absolute atomic E-state index is 13.0. The number of thiazole rings is 1. The van der Waals surface area contributed by atoms with Crippen LogP contribution >= 0.6 is 23.1 Å². The first kappa shape index (κ1) is 19.9. The molecule has 2 aromatic carbocycles. The zero-order valence-corrected chi connectivity index (χ0v) is 17.9. The molecule has 0 radical (unpaired) electrons. The number of anilines is 1.